The Morgan fingerprint density at radius 3 is 2.05 bits per heavy atom. The van der Waals surface area contributed by atoms with Gasteiger partial charge in [-0.1, -0.05) is 0 Å². The molecule has 1 amide bonds. The van der Waals surface area contributed by atoms with Crippen molar-refractivity contribution in [3.63, 3.8) is 0 Å². The Morgan fingerprint density at radius 2 is 1.64 bits per heavy atom. The zero-order valence-corrected chi connectivity index (χ0v) is 13.5. The van der Waals surface area contributed by atoms with Crippen LogP contribution in [0.4, 0.5) is 4.79 Å². The molecule has 0 aromatic carbocycles. The fourth-order valence-electron chi connectivity index (χ4n) is 1.74. The van der Waals surface area contributed by atoms with Crippen molar-refractivity contribution in [2.75, 3.05) is 0 Å². The summed E-state index contributed by atoms with van der Waals surface area (Å²) in [6, 6.07) is 0. The van der Waals surface area contributed by atoms with Crippen LogP contribution in [0, 0.1) is 5.92 Å². The summed E-state index contributed by atoms with van der Waals surface area (Å²) in [5.41, 5.74) is -0.549. The Kier molecular flexibility index (Phi) is 4.84. The number of rotatable bonds is 3. The topological polar surface area (TPSA) is 108 Å². The first-order valence-corrected chi connectivity index (χ1v) is 6.80. The van der Waals surface area contributed by atoms with E-state index in [4.69, 9.17) is 14.2 Å². The lowest BCUT2D eigenvalue weighted by Gasteiger charge is -2.32. The predicted molar refractivity (Wildman–Crippen MR) is 73.6 cm³/mol. The quantitative estimate of drug-likeness (QED) is 0.609. The van der Waals surface area contributed by atoms with Crippen LogP contribution in [0.5, 0.6) is 0 Å². The third kappa shape index (κ3) is 4.71. The van der Waals surface area contributed by atoms with Crippen molar-refractivity contribution in [3.05, 3.63) is 0 Å². The van der Waals surface area contributed by atoms with Gasteiger partial charge in [0.05, 0.1) is 0 Å². The molecule has 1 aliphatic heterocycles. The van der Waals surface area contributed by atoms with E-state index < -0.39 is 47.2 Å². The lowest BCUT2D eigenvalue weighted by Crippen LogP contribution is -2.52. The van der Waals surface area contributed by atoms with E-state index in [-0.39, 0.29) is 0 Å². The second-order valence-corrected chi connectivity index (χ2v) is 6.50. The fraction of sp³-hybridized carbons (Fsp3) is 0.714. The van der Waals surface area contributed by atoms with E-state index in [1.54, 1.807) is 20.8 Å². The number of amides is 1. The Hall–Kier alpha value is -2.12. The molecule has 0 aliphatic carbocycles. The minimum Gasteiger partial charge on any atom is -0.438 e. The van der Waals surface area contributed by atoms with Gasteiger partial charge in [-0.15, -0.1) is 0 Å². The highest BCUT2D eigenvalue weighted by Gasteiger charge is 2.49. The second-order valence-electron chi connectivity index (χ2n) is 6.50. The number of carbonyl (C=O) groups is 4. The summed E-state index contributed by atoms with van der Waals surface area (Å²) < 4.78 is 14.6. The molecule has 1 N–H and O–H groups in total. The number of alkyl carbamates (subject to hydrolysis) is 1. The smallest absolute Gasteiger partial charge is 0.408 e. The number of nitrogens with one attached hydrogen (secondary N) is 1. The van der Waals surface area contributed by atoms with Crippen molar-refractivity contribution in [2.45, 2.75) is 59.0 Å². The van der Waals surface area contributed by atoms with Gasteiger partial charge < -0.3 is 19.5 Å². The van der Waals surface area contributed by atoms with Gasteiger partial charge in [0, 0.05) is 19.4 Å². The molecule has 0 radical (unpaired) electrons. The maximum atomic E-state index is 12.1. The number of cyclic esters (lactones) is 2. The molecule has 22 heavy (non-hydrogen) atoms. The molecule has 1 atom stereocenters. The zero-order valence-electron chi connectivity index (χ0n) is 13.5. The van der Waals surface area contributed by atoms with Crippen LogP contribution in [0.25, 0.3) is 0 Å². The molecule has 0 aromatic heterocycles. The number of hydrogen-bond donors (Lipinski definition) is 1. The highest BCUT2D eigenvalue weighted by Crippen LogP contribution is 2.24. The molecule has 0 saturated carbocycles. The molecule has 8 nitrogen and oxygen atoms in total. The van der Waals surface area contributed by atoms with Crippen LogP contribution in [0.2, 0.25) is 0 Å². The molecule has 0 unspecified atom stereocenters. The maximum absolute atomic E-state index is 12.1. The molecule has 0 spiro atoms. The highest BCUT2D eigenvalue weighted by molar-refractivity contribution is 6.17. The number of esters is 2. The van der Waals surface area contributed by atoms with Crippen LogP contribution in [0.3, 0.4) is 0 Å². The molecular weight excluding hydrogens is 294 g/mol. The summed E-state index contributed by atoms with van der Waals surface area (Å²) in [6.45, 7) is 9.22. The standard InChI is InChI=1S/C14H21NO7/c1-7(20-12(19)15-13(2,3)4)9(16)8-10(17)21-14(5,6)22-11(8)18/h7-8H,1-6H3,(H,15,19)/t7-/m1/s1. The van der Waals surface area contributed by atoms with E-state index in [0.717, 1.165) is 0 Å². The van der Waals surface area contributed by atoms with Gasteiger partial charge in [-0.05, 0) is 27.7 Å². The molecule has 1 rings (SSSR count). The molecule has 1 saturated heterocycles. The molecule has 1 aliphatic rings. The van der Waals surface area contributed by atoms with Crippen LogP contribution >= 0.6 is 0 Å². The van der Waals surface area contributed by atoms with Crippen LogP contribution in [-0.2, 0) is 28.6 Å². The van der Waals surface area contributed by atoms with E-state index in [2.05, 4.69) is 5.32 Å². The Bertz CT molecular complexity index is 484. The highest BCUT2D eigenvalue weighted by atomic mass is 16.7. The van der Waals surface area contributed by atoms with Gasteiger partial charge in [0.2, 0.25) is 5.92 Å². The first-order chi connectivity index (χ1) is 9.82. The van der Waals surface area contributed by atoms with E-state index >= 15 is 0 Å². The van der Waals surface area contributed by atoms with Crippen LogP contribution in [0.1, 0.15) is 41.5 Å². The van der Waals surface area contributed by atoms with Gasteiger partial charge in [-0.25, -0.2) is 4.79 Å². The third-order valence-corrected chi connectivity index (χ3v) is 2.61. The van der Waals surface area contributed by atoms with Crippen molar-refractivity contribution >= 4 is 23.8 Å². The predicted octanol–water partition coefficient (Wildman–Crippen LogP) is 0.921. The van der Waals surface area contributed by atoms with Crippen molar-refractivity contribution in [1.29, 1.82) is 0 Å². The average molecular weight is 315 g/mol. The molecule has 1 heterocycles. The number of ketones is 1. The first-order valence-electron chi connectivity index (χ1n) is 6.80. The summed E-state index contributed by atoms with van der Waals surface area (Å²) in [7, 11) is 0. The number of hydrogen-bond acceptors (Lipinski definition) is 7. The van der Waals surface area contributed by atoms with Gasteiger partial charge in [-0.3, -0.25) is 14.4 Å². The molecular formula is C14H21NO7. The van der Waals surface area contributed by atoms with E-state index in [9.17, 15) is 19.2 Å². The summed E-state index contributed by atoms with van der Waals surface area (Å²) >= 11 is 0. The largest absolute Gasteiger partial charge is 0.438 e. The first kappa shape index (κ1) is 17.9. The SMILES string of the molecule is C[C@@H](OC(=O)NC(C)(C)C)C(=O)C1C(=O)OC(C)(C)OC1=O. The van der Waals surface area contributed by atoms with Gasteiger partial charge >= 0.3 is 18.0 Å². The summed E-state index contributed by atoms with van der Waals surface area (Å²) in [5, 5.41) is 2.50. The summed E-state index contributed by atoms with van der Waals surface area (Å²) in [4.78, 5) is 47.3. The minimum atomic E-state index is -1.74. The van der Waals surface area contributed by atoms with Crippen LogP contribution < -0.4 is 5.32 Å². The second kappa shape index (κ2) is 5.94. The lowest BCUT2D eigenvalue weighted by atomic mass is 9.99. The van der Waals surface area contributed by atoms with Gasteiger partial charge in [0.1, 0.15) is 0 Å². The van der Waals surface area contributed by atoms with Gasteiger partial charge in [0.15, 0.2) is 11.9 Å². The van der Waals surface area contributed by atoms with Crippen molar-refractivity contribution in [3.8, 4) is 0 Å². The Balaban J connectivity index is 2.73. The van der Waals surface area contributed by atoms with E-state index in [0.29, 0.717) is 0 Å². The number of ether oxygens (including phenoxy) is 3. The molecule has 0 aromatic rings. The van der Waals surface area contributed by atoms with E-state index in [1.807, 2.05) is 0 Å². The number of Topliss-reactive ketones (excluding diaryl/α,β-unsaturated/α-hetero) is 1. The summed E-state index contributed by atoms with van der Waals surface area (Å²) in [6.07, 6.45) is -2.13. The molecule has 8 heteroatoms. The maximum Gasteiger partial charge on any atom is 0.408 e. The van der Waals surface area contributed by atoms with Gasteiger partial charge in [-0.2, -0.15) is 0 Å². The zero-order chi connectivity index (χ0) is 17.3. The van der Waals surface area contributed by atoms with Gasteiger partial charge in [0.25, 0.3) is 5.79 Å². The van der Waals surface area contributed by atoms with Crippen LogP contribution in [0.15, 0.2) is 0 Å². The monoisotopic (exact) mass is 315 g/mol. The molecule has 124 valence electrons. The van der Waals surface area contributed by atoms with Crippen molar-refractivity contribution in [2.24, 2.45) is 5.92 Å². The van der Waals surface area contributed by atoms with Crippen molar-refractivity contribution in [1.82, 2.24) is 5.32 Å². The summed E-state index contributed by atoms with van der Waals surface area (Å²) in [5.74, 6) is -6.09. The van der Waals surface area contributed by atoms with Crippen LogP contribution in [-0.4, -0.2) is 41.2 Å². The fourth-order valence-corrected chi connectivity index (χ4v) is 1.74. The Labute approximate surface area is 128 Å². The average Bonchev–Trinajstić information content (AvgIpc) is 2.22. The Morgan fingerprint density at radius 1 is 1.18 bits per heavy atom. The minimum absolute atomic E-state index is 0.549. The number of carbonyl (C=O) groups excluding carboxylic acids is 4. The third-order valence-electron chi connectivity index (χ3n) is 2.61. The van der Waals surface area contributed by atoms with Crippen molar-refractivity contribution < 1.29 is 33.4 Å². The normalized spacial score (nSPS) is 19.7. The lowest BCUT2D eigenvalue weighted by molar-refractivity contribution is -0.238. The molecule has 0 bridgehead atoms. The molecule has 1 fully saturated rings. The van der Waals surface area contributed by atoms with E-state index in [1.165, 1.54) is 20.8 Å².